The van der Waals surface area contributed by atoms with Crippen molar-refractivity contribution in [2.75, 3.05) is 0 Å². The van der Waals surface area contributed by atoms with Crippen LogP contribution in [0.2, 0.25) is 0 Å². The van der Waals surface area contributed by atoms with Crippen LogP contribution in [0.25, 0.3) is 0 Å². The van der Waals surface area contributed by atoms with E-state index in [1.54, 1.807) is 0 Å². The molecule has 0 rings (SSSR count). The fourth-order valence-corrected chi connectivity index (χ4v) is 1.41. The van der Waals surface area contributed by atoms with Crippen LogP contribution in [0.4, 0.5) is 0 Å². The highest BCUT2D eigenvalue weighted by atomic mass is 16.1. The van der Waals surface area contributed by atoms with E-state index in [1.807, 2.05) is 13.8 Å². The standard InChI is InChI=1S/C12H22O2/c1-5-11(13)7-9(3)10(4)8-12(14)6-2/h9-10H,5-8H2,1-4H3/t9-,10-/m0/s1. The molecule has 14 heavy (non-hydrogen) atoms. The lowest BCUT2D eigenvalue weighted by Crippen LogP contribution is -2.16. The molecule has 0 saturated heterocycles. The quantitative estimate of drug-likeness (QED) is 0.630. The number of Topliss-reactive ketones (excluding diaryl/α,β-unsaturated/α-hetero) is 2. The molecule has 0 fully saturated rings. The summed E-state index contributed by atoms with van der Waals surface area (Å²) in [5.74, 6) is 1.26. The van der Waals surface area contributed by atoms with Crippen LogP contribution in [-0.2, 0) is 9.59 Å². The maximum Gasteiger partial charge on any atom is 0.132 e. The summed E-state index contributed by atoms with van der Waals surface area (Å²) < 4.78 is 0. The first-order chi connectivity index (χ1) is 6.51. The van der Waals surface area contributed by atoms with Crippen molar-refractivity contribution >= 4 is 11.6 Å². The molecule has 82 valence electrons. The van der Waals surface area contributed by atoms with Crippen molar-refractivity contribution in [1.29, 1.82) is 0 Å². The first kappa shape index (κ1) is 13.3. The second-order valence-corrected chi connectivity index (χ2v) is 4.15. The minimum absolute atomic E-state index is 0.299. The maximum absolute atomic E-state index is 11.2. The first-order valence-electron chi connectivity index (χ1n) is 5.54. The molecular formula is C12H22O2. The van der Waals surface area contributed by atoms with Crippen molar-refractivity contribution in [3.63, 3.8) is 0 Å². The van der Waals surface area contributed by atoms with Crippen molar-refractivity contribution in [1.82, 2.24) is 0 Å². The van der Waals surface area contributed by atoms with Gasteiger partial charge in [-0.1, -0.05) is 27.7 Å². The Labute approximate surface area is 87.1 Å². The fourth-order valence-electron chi connectivity index (χ4n) is 1.41. The molecule has 0 bridgehead atoms. The third kappa shape index (κ3) is 5.15. The van der Waals surface area contributed by atoms with Crippen LogP contribution < -0.4 is 0 Å². The average Bonchev–Trinajstić information content (AvgIpc) is 2.17. The van der Waals surface area contributed by atoms with Gasteiger partial charge in [-0.3, -0.25) is 9.59 Å². The number of carbonyl (C=O) groups excluding carboxylic acids is 2. The van der Waals surface area contributed by atoms with Crippen LogP contribution in [0, 0.1) is 11.8 Å². The fraction of sp³-hybridized carbons (Fsp3) is 0.833. The molecule has 0 heterocycles. The molecule has 0 unspecified atom stereocenters. The average molecular weight is 198 g/mol. The molecule has 0 radical (unpaired) electrons. The van der Waals surface area contributed by atoms with Gasteiger partial charge in [-0.25, -0.2) is 0 Å². The molecule has 0 amide bonds. The summed E-state index contributed by atoms with van der Waals surface area (Å²) in [7, 11) is 0. The normalized spacial score (nSPS) is 14.9. The Morgan fingerprint density at radius 3 is 1.36 bits per heavy atom. The van der Waals surface area contributed by atoms with Crippen LogP contribution in [0.5, 0.6) is 0 Å². The summed E-state index contributed by atoms with van der Waals surface area (Å²) in [5.41, 5.74) is 0. The zero-order valence-corrected chi connectivity index (χ0v) is 9.80. The summed E-state index contributed by atoms with van der Waals surface area (Å²) in [6.45, 7) is 7.89. The van der Waals surface area contributed by atoms with Crippen LogP contribution in [0.15, 0.2) is 0 Å². The van der Waals surface area contributed by atoms with Crippen LogP contribution >= 0.6 is 0 Å². The van der Waals surface area contributed by atoms with Crippen LogP contribution in [-0.4, -0.2) is 11.6 Å². The lowest BCUT2D eigenvalue weighted by atomic mass is 9.86. The zero-order chi connectivity index (χ0) is 11.1. The number of hydrogen-bond donors (Lipinski definition) is 0. The molecule has 0 aromatic heterocycles. The summed E-state index contributed by atoms with van der Waals surface area (Å²) in [6.07, 6.45) is 2.46. The Kier molecular flexibility index (Phi) is 6.43. The molecule has 0 spiro atoms. The van der Waals surface area contributed by atoms with E-state index >= 15 is 0 Å². The molecule has 0 aromatic carbocycles. The highest BCUT2D eigenvalue weighted by Gasteiger charge is 2.17. The van der Waals surface area contributed by atoms with E-state index in [0.717, 1.165) is 0 Å². The summed E-state index contributed by atoms with van der Waals surface area (Å²) in [6, 6.07) is 0. The molecule has 2 atom stereocenters. The molecule has 0 saturated carbocycles. The van der Waals surface area contributed by atoms with Crippen molar-refractivity contribution in [2.24, 2.45) is 11.8 Å². The summed E-state index contributed by atoms with van der Waals surface area (Å²) >= 11 is 0. The predicted molar refractivity (Wildman–Crippen MR) is 58.2 cm³/mol. The predicted octanol–water partition coefficient (Wildman–Crippen LogP) is 3.00. The Hall–Kier alpha value is -0.660. The summed E-state index contributed by atoms with van der Waals surface area (Å²) in [5, 5.41) is 0. The molecule has 0 N–H and O–H groups in total. The van der Waals surface area contributed by atoms with E-state index in [1.165, 1.54) is 0 Å². The van der Waals surface area contributed by atoms with Gasteiger partial charge in [0, 0.05) is 25.7 Å². The molecular weight excluding hydrogens is 176 g/mol. The second kappa shape index (κ2) is 6.74. The Balaban J connectivity index is 3.92. The highest BCUT2D eigenvalue weighted by molar-refractivity contribution is 5.79. The van der Waals surface area contributed by atoms with E-state index in [9.17, 15) is 9.59 Å². The SMILES string of the molecule is CCC(=O)C[C@H](C)[C@@H](C)CC(=O)CC. The van der Waals surface area contributed by atoms with Gasteiger partial charge in [-0.05, 0) is 11.8 Å². The number of hydrogen-bond acceptors (Lipinski definition) is 2. The van der Waals surface area contributed by atoms with Crippen molar-refractivity contribution in [3.05, 3.63) is 0 Å². The highest BCUT2D eigenvalue weighted by Crippen LogP contribution is 2.20. The van der Waals surface area contributed by atoms with Gasteiger partial charge in [0.15, 0.2) is 0 Å². The van der Waals surface area contributed by atoms with Crippen molar-refractivity contribution in [2.45, 2.75) is 53.4 Å². The number of rotatable bonds is 7. The Morgan fingerprint density at radius 1 is 0.857 bits per heavy atom. The van der Waals surface area contributed by atoms with Gasteiger partial charge < -0.3 is 0 Å². The maximum atomic E-state index is 11.2. The van der Waals surface area contributed by atoms with Gasteiger partial charge in [-0.15, -0.1) is 0 Å². The van der Waals surface area contributed by atoms with E-state index in [4.69, 9.17) is 0 Å². The van der Waals surface area contributed by atoms with Crippen LogP contribution in [0.3, 0.4) is 0 Å². The van der Waals surface area contributed by atoms with E-state index in [2.05, 4.69) is 13.8 Å². The number of carbonyl (C=O) groups is 2. The van der Waals surface area contributed by atoms with Crippen molar-refractivity contribution < 1.29 is 9.59 Å². The van der Waals surface area contributed by atoms with Gasteiger partial charge >= 0.3 is 0 Å². The third-order valence-corrected chi connectivity index (χ3v) is 2.86. The minimum Gasteiger partial charge on any atom is -0.300 e. The first-order valence-corrected chi connectivity index (χ1v) is 5.54. The zero-order valence-electron chi connectivity index (χ0n) is 9.80. The van der Waals surface area contributed by atoms with Crippen LogP contribution in [0.1, 0.15) is 53.4 Å². The third-order valence-electron chi connectivity index (χ3n) is 2.86. The van der Waals surface area contributed by atoms with E-state index in [0.29, 0.717) is 49.1 Å². The molecule has 0 aliphatic carbocycles. The second-order valence-electron chi connectivity index (χ2n) is 4.15. The van der Waals surface area contributed by atoms with Gasteiger partial charge in [-0.2, -0.15) is 0 Å². The molecule has 0 aromatic rings. The van der Waals surface area contributed by atoms with Gasteiger partial charge in [0.1, 0.15) is 11.6 Å². The van der Waals surface area contributed by atoms with E-state index < -0.39 is 0 Å². The molecule has 0 aliphatic heterocycles. The van der Waals surface area contributed by atoms with Gasteiger partial charge in [0.05, 0.1) is 0 Å². The smallest absolute Gasteiger partial charge is 0.132 e. The molecule has 2 heteroatoms. The molecule has 2 nitrogen and oxygen atoms in total. The largest absolute Gasteiger partial charge is 0.300 e. The molecule has 0 aliphatic rings. The van der Waals surface area contributed by atoms with Gasteiger partial charge in [0.25, 0.3) is 0 Å². The van der Waals surface area contributed by atoms with E-state index in [-0.39, 0.29) is 0 Å². The Morgan fingerprint density at radius 2 is 1.14 bits per heavy atom. The number of ketones is 2. The summed E-state index contributed by atoms with van der Waals surface area (Å²) in [4.78, 5) is 22.4. The topological polar surface area (TPSA) is 34.1 Å². The lowest BCUT2D eigenvalue weighted by Gasteiger charge is -2.17. The van der Waals surface area contributed by atoms with Crippen molar-refractivity contribution in [3.8, 4) is 0 Å². The lowest BCUT2D eigenvalue weighted by molar-refractivity contribution is -0.122. The minimum atomic E-state index is 0.299. The van der Waals surface area contributed by atoms with Gasteiger partial charge in [0.2, 0.25) is 0 Å². The Bertz CT molecular complexity index is 174. The monoisotopic (exact) mass is 198 g/mol.